The molecule has 0 spiro atoms. The predicted octanol–water partition coefficient (Wildman–Crippen LogP) is 5.85. The highest BCUT2D eigenvalue weighted by Gasteiger charge is 2.42. The number of hydrogen-bond donors (Lipinski definition) is 0. The number of nitrogens with zero attached hydrogens (tertiary/aromatic N) is 4. The maximum Gasteiger partial charge on any atom is 0.391 e. The van der Waals surface area contributed by atoms with Gasteiger partial charge in [-0.25, -0.2) is 9.97 Å². The number of benzene rings is 1. The number of imidazole rings is 1. The molecule has 160 valence electrons. The maximum absolute atomic E-state index is 13.4. The molecule has 0 unspecified atom stereocenters. The zero-order valence-electron chi connectivity index (χ0n) is 16.1. The first-order valence-electron chi connectivity index (χ1n) is 9.72. The second-order valence-electron chi connectivity index (χ2n) is 7.47. The van der Waals surface area contributed by atoms with Crippen LogP contribution in [0.3, 0.4) is 0 Å². The van der Waals surface area contributed by atoms with Crippen molar-refractivity contribution in [3.05, 3.63) is 50.2 Å². The van der Waals surface area contributed by atoms with Gasteiger partial charge in [-0.3, -0.25) is 9.36 Å². The van der Waals surface area contributed by atoms with E-state index in [2.05, 4.69) is 20.9 Å². The standard InChI is InChI=1S/C20H19BrClF3N4O/c1-2-28-17-15(26-19(28)21)18(30)29(14-9-7-13(22)8-10-14)16(27-17)11-3-5-12(6-4-11)20(23,24)25/h7-12H,2-6H2,1H3. The Hall–Kier alpha value is -1.87. The molecule has 10 heteroatoms. The number of halogens is 5. The van der Waals surface area contributed by atoms with Crippen LogP contribution in [0.25, 0.3) is 16.9 Å². The molecule has 3 aromatic rings. The second kappa shape index (κ2) is 8.00. The van der Waals surface area contributed by atoms with Crippen molar-refractivity contribution >= 4 is 38.7 Å². The molecule has 1 aliphatic rings. The van der Waals surface area contributed by atoms with Gasteiger partial charge in [-0.05, 0) is 72.8 Å². The van der Waals surface area contributed by atoms with Crippen LogP contribution in [-0.4, -0.2) is 25.3 Å². The van der Waals surface area contributed by atoms with Crippen LogP contribution >= 0.6 is 27.5 Å². The van der Waals surface area contributed by atoms with Crippen LogP contribution < -0.4 is 5.56 Å². The van der Waals surface area contributed by atoms with Gasteiger partial charge in [0, 0.05) is 17.5 Å². The van der Waals surface area contributed by atoms with E-state index in [0.717, 1.165) is 0 Å². The van der Waals surface area contributed by atoms with Gasteiger partial charge in [0.1, 0.15) is 5.82 Å². The number of fused-ring (bicyclic) bond motifs is 1. The van der Waals surface area contributed by atoms with Crippen molar-refractivity contribution in [2.24, 2.45) is 5.92 Å². The van der Waals surface area contributed by atoms with Crippen LogP contribution in [0.1, 0.15) is 44.3 Å². The molecular formula is C20H19BrClF3N4O. The van der Waals surface area contributed by atoms with Crippen molar-refractivity contribution in [2.75, 3.05) is 0 Å². The minimum absolute atomic E-state index is 0.0272. The third-order valence-corrected chi connectivity index (χ3v) is 6.56. The van der Waals surface area contributed by atoms with E-state index in [4.69, 9.17) is 16.6 Å². The predicted molar refractivity (Wildman–Crippen MR) is 112 cm³/mol. The Bertz CT molecular complexity index is 1130. The van der Waals surface area contributed by atoms with E-state index < -0.39 is 12.1 Å². The molecule has 1 fully saturated rings. The molecule has 0 amide bonds. The van der Waals surface area contributed by atoms with Crippen LogP contribution in [-0.2, 0) is 6.54 Å². The summed E-state index contributed by atoms with van der Waals surface area (Å²) in [5.41, 5.74) is 0.871. The lowest BCUT2D eigenvalue weighted by molar-refractivity contribution is -0.182. The van der Waals surface area contributed by atoms with Gasteiger partial charge in [0.2, 0.25) is 0 Å². The van der Waals surface area contributed by atoms with Crippen LogP contribution in [0.2, 0.25) is 5.02 Å². The minimum atomic E-state index is -4.19. The SMILES string of the molecule is CCn1c(Br)nc2c(=O)n(-c3ccc(Cl)cc3)c(C3CCC(C(F)(F)F)CC3)nc21. The zero-order chi connectivity index (χ0) is 21.6. The number of rotatable bonds is 3. The third kappa shape index (κ3) is 3.77. The first kappa shape index (κ1) is 21.4. The van der Waals surface area contributed by atoms with Crippen molar-refractivity contribution in [1.82, 2.24) is 19.1 Å². The fourth-order valence-electron chi connectivity index (χ4n) is 4.12. The first-order valence-corrected chi connectivity index (χ1v) is 10.9. The Morgan fingerprint density at radius 1 is 1.13 bits per heavy atom. The molecule has 0 aliphatic heterocycles. The fourth-order valence-corrected chi connectivity index (χ4v) is 4.84. The lowest BCUT2D eigenvalue weighted by atomic mass is 9.81. The molecule has 0 atom stereocenters. The van der Waals surface area contributed by atoms with E-state index in [1.165, 1.54) is 4.57 Å². The Morgan fingerprint density at radius 2 is 1.77 bits per heavy atom. The summed E-state index contributed by atoms with van der Waals surface area (Å²) in [5, 5.41) is 0.520. The Morgan fingerprint density at radius 3 is 2.33 bits per heavy atom. The summed E-state index contributed by atoms with van der Waals surface area (Å²) in [6.45, 7) is 2.46. The molecule has 5 nitrogen and oxygen atoms in total. The largest absolute Gasteiger partial charge is 0.391 e. The van der Waals surface area contributed by atoms with E-state index in [1.54, 1.807) is 28.8 Å². The molecule has 0 N–H and O–H groups in total. The molecule has 2 heterocycles. The number of aryl methyl sites for hydroxylation is 1. The van der Waals surface area contributed by atoms with Gasteiger partial charge in [0.15, 0.2) is 15.9 Å². The normalized spacial score (nSPS) is 20.1. The Labute approximate surface area is 184 Å². The minimum Gasteiger partial charge on any atom is -0.303 e. The average Bonchev–Trinajstić information content (AvgIpc) is 3.04. The Balaban J connectivity index is 1.87. The molecule has 1 saturated carbocycles. The molecule has 0 radical (unpaired) electrons. The monoisotopic (exact) mass is 502 g/mol. The average molecular weight is 504 g/mol. The van der Waals surface area contributed by atoms with Crippen LogP contribution in [0.5, 0.6) is 0 Å². The maximum atomic E-state index is 13.4. The van der Waals surface area contributed by atoms with E-state index >= 15 is 0 Å². The summed E-state index contributed by atoms with van der Waals surface area (Å²) < 4.78 is 43.1. The van der Waals surface area contributed by atoms with Gasteiger partial charge in [0.25, 0.3) is 5.56 Å². The van der Waals surface area contributed by atoms with Crippen LogP contribution in [0.15, 0.2) is 33.8 Å². The van der Waals surface area contributed by atoms with Gasteiger partial charge in [-0.2, -0.15) is 13.2 Å². The number of hydrogen-bond acceptors (Lipinski definition) is 3. The summed E-state index contributed by atoms with van der Waals surface area (Å²) in [5.74, 6) is -1.09. The smallest absolute Gasteiger partial charge is 0.303 e. The fraction of sp³-hybridized carbons (Fsp3) is 0.450. The third-order valence-electron chi connectivity index (χ3n) is 5.71. The van der Waals surface area contributed by atoms with Crippen molar-refractivity contribution in [2.45, 2.75) is 51.2 Å². The van der Waals surface area contributed by atoms with Crippen molar-refractivity contribution in [1.29, 1.82) is 0 Å². The molecule has 4 rings (SSSR count). The van der Waals surface area contributed by atoms with Gasteiger partial charge >= 0.3 is 6.18 Å². The first-order chi connectivity index (χ1) is 14.2. The van der Waals surface area contributed by atoms with Gasteiger partial charge in [-0.1, -0.05) is 11.6 Å². The van der Waals surface area contributed by atoms with E-state index in [0.29, 0.717) is 46.3 Å². The molecular weight excluding hydrogens is 485 g/mol. The van der Waals surface area contributed by atoms with Crippen molar-refractivity contribution in [3.63, 3.8) is 0 Å². The van der Waals surface area contributed by atoms with Gasteiger partial charge in [0.05, 0.1) is 11.6 Å². The summed E-state index contributed by atoms with van der Waals surface area (Å²) in [6, 6.07) is 6.73. The summed E-state index contributed by atoms with van der Waals surface area (Å²) in [4.78, 5) is 22.5. The lowest BCUT2D eigenvalue weighted by Gasteiger charge is -2.30. The molecule has 30 heavy (non-hydrogen) atoms. The van der Waals surface area contributed by atoms with Gasteiger partial charge in [-0.15, -0.1) is 0 Å². The van der Waals surface area contributed by atoms with E-state index in [-0.39, 0.29) is 29.8 Å². The van der Waals surface area contributed by atoms with Crippen LogP contribution in [0.4, 0.5) is 13.2 Å². The highest BCUT2D eigenvalue weighted by molar-refractivity contribution is 9.10. The number of aromatic nitrogens is 4. The zero-order valence-corrected chi connectivity index (χ0v) is 18.4. The summed E-state index contributed by atoms with van der Waals surface area (Å²) in [7, 11) is 0. The lowest BCUT2D eigenvalue weighted by Crippen LogP contribution is -2.31. The second-order valence-corrected chi connectivity index (χ2v) is 8.62. The quantitative estimate of drug-likeness (QED) is 0.421. The Kier molecular flexibility index (Phi) is 5.69. The van der Waals surface area contributed by atoms with Crippen molar-refractivity contribution < 1.29 is 13.2 Å². The highest BCUT2D eigenvalue weighted by Crippen LogP contribution is 2.42. The van der Waals surface area contributed by atoms with Crippen molar-refractivity contribution in [3.8, 4) is 5.69 Å². The number of alkyl halides is 3. The summed E-state index contributed by atoms with van der Waals surface area (Å²) >= 11 is 9.36. The van der Waals surface area contributed by atoms with E-state index in [9.17, 15) is 18.0 Å². The summed E-state index contributed by atoms with van der Waals surface area (Å²) in [6.07, 6.45) is -3.50. The molecule has 1 aliphatic carbocycles. The van der Waals surface area contributed by atoms with E-state index in [1.807, 2.05) is 6.92 Å². The highest BCUT2D eigenvalue weighted by atomic mass is 79.9. The van der Waals surface area contributed by atoms with Gasteiger partial charge < -0.3 is 4.57 Å². The molecule has 2 aromatic heterocycles. The molecule has 1 aromatic carbocycles. The molecule has 0 bridgehead atoms. The topological polar surface area (TPSA) is 52.7 Å². The molecule has 0 saturated heterocycles. The van der Waals surface area contributed by atoms with Crippen LogP contribution in [0, 0.1) is 5.92 Å².